The van der Waals surface area contributed by atoms with Crippen LogP contribution in [0.25, 0.3) is 0 Å². The molecule has 0 atom stereocenters. The van der Waals surface area contributed by atoms with Gasteiger partial charge in [0.15, 0.2) is 0 Å². The molecule has 5 nitrogen and oxygen atoms in total. The summed E-state index contributed by atoms with van der Waals surface area (Å²) in [6.07, 6.45) is 0. The number of hydrogen-bond acceptors (Lipinski definition) is 3. The summed E-state index contributed by atoms with van der Waals surface area (Å²) in [5, 5.41) is 5.74. The summed E-state index contributed by atoms with van der Waals surface area (Å²) in [6.45, 7) is 7.37. The van der Waals surface area contributed by atoms with Crippen LogP contribution in [0.5, 0.6) is 0 Å². The van der Waals surface area contributed by atoms with Crippen LogP contribution >= 0.6 is 0 Å². The maximum Gasteiger partial charge on any atom is 0.255 e. The molecule has 0 bridgehead atoms. The van der Waals surface area contributed by atoms with Crippen molar-refractivity contribution in [1.29, 1.82) is 0 Å². The van der Waals surface area contributed by atoms with Gasteiger partial charge in [-0.2, -0.15) is 0 Å². The summed E-state index contributed by atoms with van der Waals surface area (Å²) in [6, 6.07) is 24.1. The quantitative estimate of drug-likeness (QED) is 0.555. The zero-order valence-corrected chi connectivity index (χ0v) is 17.6. The van der Waals surface area contributed by atoms with Crippen molar-refractivity contribution in [2.45, 2.75) is 26.8 Å². The monoisotopic (exact) mass is 401 g/mol. The molecule has 0 aromatic heterocycles. The summed E-state index contributed by atoms with van der Waals surface area (Å²) in [7, 11) is 0. The Hall–Kier alpha value is -3.60. The van der Waals surface area contributed by atoms with Crippen LogP contribution in [0.4, 0.5) is 17.1 Å². The number of anilines is 3. The van der Waals surface area contributed by atoms with E-state index in [0.29, 0.717) is 22.9 Å². The average molecular weight is 402 g/mol. The molecular weight excluding hydrogens is 374 g/mol. The van der Waals surface area contributed by atoms with Crippen LogP contribution in [-0.4, -0.2) is 24.4 Å². The first-order valence-electron chi connectivity index (χ1n) is 10.1. The zero-order chi connectivity index (χ0) is 21.5. The minimum atomic E-state index is -0.195. The molecule has 0 aliphatic rings. The first kappa shape index (κ1) is 21.1. The molecule has 0 heterocycles. The molecule has 154 valence electrons. The van der Waals surface area contributed by atoms with Gasteiger partial charge in [-0.15, -0.1) is 0 Å². The largest absolute Gasteiger partial charge is 0.369 e. The van der Waals surface area contributed by atoms with E-state index in [1.54, 1.807) is 36.4 Å². The van der Waals surface area contributed by atoms with Crippen LogP contribution in [0.3, 0.4) is 0 Å². The van der Waals surface area contributed by atoms with Gasteiger partial charge in [-0.3, -0.25) is 9.59 Å². The molecule has 0 radical (unpaired) electrons. The predicted octanol–water partition coefficient (Wildman–Crippen LogP) is 5.43. The van der Waals surface area contributed by atoms with E-state index in [-0.39, 0.29) is 11.8 Å². The highest BCUT2D eigenvalue weighted by Gasteiger charge is 2.10. The summed E-state index contributed by atoms with van der Waals surface area (Å²) < 4.78 is 0. The Morgan fingerprint density at radius 1 is 0.733 bits per heavy atom. The van der Waals surface area contributed by atoms with Gasteiger partial charge in [0.25, 0.3) is 11.8 Å². The van der Waals surface area contributed by atoms with E-state index in [1.807, 2.05) is 42.5 Å². The Balaban J connectivity index is 1.61. The molecule has 0 aliphatic carbocycles. The Bertz CT molecular complexity index is 981. The Labute approximate surface area is 177 Å². The number of carbonyl (C=O) groups is 2. The van der Waals surface area contributed by atoms with Crippen LogP contribution in [0, 0.1) is 0 Å². The van der Waals surface area contributed by atoms with Gasteiger partial charge in [-0.1, -0.05) is 18.2 Å². The Kier molecular flexibility index (Phi) is 6.86. The van der Waals surface area contributed by atoms with Crippen molar-refractivity contribution in [3.63, 3.8) is 0 Å². The van der Waals surface area contributed by atoms with Gasteiger partial charge in [0.1, 0.15) is 0 Å². The van der Waals surface area contributed by atoms with Gasteiger partial charge in [-0.25, -0.2) is 0 Å². The lowest BCUT2D eigenvalue weighted by atomic mass is 10.1. The van der Waals surface area contributed by atoms with Crippen molar-refractivity contribution in [2.75, 3.05) is 22.1 Å². The molecule has 3 aromatic carbocycles. The van der Waals surface area contributed by atoms with Gasteiger partial charge in [0.2, 0.25) is 0 Å². The molecule has 3 rings (SSSR count). The number of rotatable bonds is 7. The maximum absolute atomic E-state index is 12.5. The summed E-state index contributed by atoms with van der Waals surface area (Å²) >= 11 is 0. The van der Waals surface area contributed by atoms with Crippen LogP contribution in [-0.2, 0) is 0 Å². The lowest BCUT2D eigenvalue weighted by Gasteiger charge is -2.27. The van der Waals surface area contributed by atoms with Crippen molar-refractivity contribution >= 4 is 28.9 Å². The van der Waals surface area contributed by atoms with Crippen molar-refractivity contribution in [3.05, 3.63) is 90.0 Å². The van der Waals surface area contributed by atoms with Crippen molar-refractivity contribution in [2.24, 2.45) is 0 Å². The molecule has 0 saturated carbocycles. The molecule has 2 N–H and O–H groups in total. The fourth-order valence-electron chi connectivity index (χ4n) is 3.28. The van der Waals surface area contributed by atoms with Gasteiger partial charge in [-0.05, 0) is 81.4 Å². The smallest absolute Gasteiger partial charge is 0.255 e. The van der Waals surface area contributed by atoms with Crippen molar-refractivity contribution < 1.29 is 9.59 Å². The minimum absolute atomic E-state index is 0.185. The molecule has 3 aromatic rings. The Morgan fingerprint density at radius 2 is 1.20 bits per heavy atom. The first-order valence-corrected chi connectivity index (χ1v) is 10.1. The van der Waals surface area contributed by atoms with E-state index in [9.17, 15) is 9.59 Å². The maximum atomic E-state index is 12.5. The van der Waals surface area contributed by atoms with Gasteiger partial charge < -0.3 is 15.5 Å². The molecule has 0 fully saturated rings. The van der Waals surface area contributed by atoms with E-state index in [1.165, 1.54) is 0 Å². The number of benzene rings is 3. The number of amides is 2. The van der Waals surface area contributed by atoms with E-state index >= 15 is 0 Å². The van der Waals surface area contributed by atoms with Gasteiger partial charge in [0.05, 0.1) is 0 Å². The number of nitrogens with one attached hydrogen (secondary N) is 2. The predicted molar refractivity (Wildman–Crippen MR) is 123 cm³/mol. The second-order valence-electron chi connectivity index (χ2n) is 7.28. The topological polar surface area (TPSA) is 61.4 Å². The number of carbonyl (C=O) groups excluding carboxylic acids is 2. The average Bonchev–Trinajstić information content (AvgIpc) is 2.76. The highest BCUT2D eigenvalue weighted by Crippen LogP contribution is 2.20. The molecule has 30 heavy (non-hydrogen) atoms. The fourth-order valence-corrected chi connectivity index (χ4v) is 3.28. The first-order chi connectivity index (χ1) is 14.5. The molecule has 0 aliphatic heterocycles. The molecule has 0 saturated heterocycles. The fraction of sp³-hybridized carbons (Fsp3) is 0.200. The Morgan fingerprint density at radius 3 is 1.67 bits per heavy atom. The highest BCUT2D eigenvalue weighted by molar-refractivity contribution is 6.06. The minimum Gasteiger partial charge on any atom is -0.369 e. The lowest BCUT2D eigenvalue weighted by Crippen LogP contribution is -2.30. The van der Waals surface area contributed by atoms with Crippen molar-refractivity contribution in [3.8, 4) is 0 Å². The third-order valence-corrected chi connectivity index (χ3v) is 4.86. The van der Waals surface area contributed by atoms with Crippen molar-refractivity contribution in [1.82, 2.24) is 0 Å². The van der Waals surface area contributed by atoms with E-state index < -0.39 is 0 Å². The summed E-state index contributed by atoms with van der Waals surface area (Å²) in [5.41, 5.74) is 3.61. The van der Waals surface area contributed by atoms with E-state index in [0.717, 1.165) is 17.9 Å². The molecule has 5 heteroatoms. The summed E-state index contributed by atoms with van der Waals surface area (Å²) in [4.78, 5) is 27.0. The number of nitrogens with zero attached hydrogens (tertiary/aromatic N) is 1. The second-order valence-corrected chi connectivity index (χ2v) is 7.28. The zero-order valence-electron chi connectivity index (χ0n) is 17.6. The molecule has 0 spiro atoms. The normalized spacial score (nSPS) is 10.5. The van der Waals surface area contributed by atoms with E-state index in [2.05, 4.69) is 36.3 Å². The second kappa shape index (κ2) is 9.74. The lowest BCUT2D eigenvalue weighted by molar-refractivity contribution is 0.102. The SMILES string of the molecule is CCN(c1ccc(NC(=O)c2ccc(NC(=O)c3ccccc3)cc2)cc1)C(C)C. The molecule has 0 unspecified atom stereocenters. The highest BCUT2D eigenvalue weighted by atomic mass is 16.2. The molecular formula is C25H27N3O2. The summed E-state index contributed by atoms with van der Waals surface area (Å²) in [5.74, 6) is -0.379. The van der Waals surface area contributed by atoms with E-state index in [4.69, 9.17) is 0 Å². The van der Waals surface area contributed by atoms with Gasteiger partial charge in [0, 0.05) is 40.8 Å². The number of hydrogen-bond donors (Lipinski definition) is 2. The van der Waals surface area contributed by atoms with Crippen LogP contribution in [0.1, 0.15) is 41.5 Å². The standard InChI is InChI=1S/C25H27N3O2/c1-4-28(18(2)3)23-16-14-22(15-17-23)27-25(30)20-10-12-21(13-11-20)26-24(29)19-8-6-5-7-9-19/h5-18H,4H2,1-3H3,(H,26,29)(H,27,30). The van der Waals surface area contributed by atoms with Gasteiger partial charge >= 0.3 is 0 Å². The molecule has 2 amide bonds. The third-order valence-electron chi connectivity index (χ3n) is 4.86. The van der Waals surface area contributed by atoms with Crippen LogP contribution in [0.15, 0.2) is 78.9 Å². The van der Waals surface area contributed by atoms with Crippen LogP contribution < -0.4 is 15.5 Å². The third kappa shape index (κ3) is 5.26. The van der Waals surface area contributed by atoms with Crippen LogP contribution in [0.2, 0.25) is 0 Å².